The fraction of sp³-hybridized carbons (Fsp3) is 0.120. The summed E-state index contributed by atoms with van der Waals surface area (Å²) in [6, 6.07) is 26.7. The molecule has 0 unspecified atom stereocenters. The predicted octanol–water partition coefficient (Wildman–Crippen LogP) is 5.37. The number of hydrogen-bond acceptors (Lipinski definition) is 3. The minimum absolute atomic E-state index is 0.0142. The summed E-state index contributed by atoms with van der Waals surface area (Å²) in [6.07, 6.45) is 2.48. The van der Waals surface area contributed by atoms with E-state index < -0.39 is 5.91 Å². The number of para-hydroxylation sites is 1. The van der Waals surface area contributed by atoms with Gasteiger partial charge in [0.15, 0.2) is 0 Å². The van der Waals surface area contributed by atoms with Crippen LogP contribution in [0.15, 0.2) is 84.4 Å². The average molecular weight is 382 g/mol. The Morgan fingerprint density at radius 1 is 0.966 bits per heavy atom. The van der Waals surface area contributed by atoms with Crippen molar-refractivity contribution in [1.29, 1.82) is 5.26 Å². The van der Waals surface area contributed by atoms with Crippen LogP contribution in [0.2, 0.25) is 0 Å². The quantitative estimate of drug-likeness (QED) is 0.441. The van der Waals surface area contributed by atoms with E-state index in [1.807, 2.05) is 84.9 Å². The molecule has 0 aliphatic heterocycles. The lowest BCUT2D eigenvalue weighted by Gasteiger charge is -2.10. The van der Waals surface area contributed by atoms with Gasteiger partial charge in [0.25, 0.3) is 5.91 Å². The number of aryl methyl sites for hydroxylation is 1. The SMILES string of the molecule is CCc1ccc(NC(=O)/C(C#N)=C/c2ccccc2OCc2ccccc2)cc1. The normalized spacial score (nSPS) is 10.8. The first kappa shape index (κ1) is 19.9. The maximum atomic E-state index is 12.6. The van der Waals surface area contributed by atoms with Gasteiger partial charge in [-0.3, -0.25) is 4.79 Å². The molecule has 0 aromatic heterocycles. The highest BCUT2D eigenvalue weighted by atomic mass is 16.5. The first-order valence-corrected chi connectivity index (χ1v) is 9.47. The number of carbonyl (C=O) groups excluding carboxylic acids is 1. The van der Waals surface area contributed by atoms with Crippen molar-refractivity contribution in [3.63, 3.8) is 0 Å². The van der Waals surface area contributed by atoms with E-state index in [4.69, 9.17) is 4.74 Å². The van der Waals surface area contributed by atoms with Gasteiger partial charge in [0.1, 0.15) is 24.0 Å². The van der Waals surface area contributed by atoms with Crippen molar-refractivity contribution in [3.8, 4) is 11.8 Å². The van der Waals surface area contributed by atoms with Gasteiger partial charge in [0, 0.05) is 11.3 Å². The lowest BCUT2D eigenvalue weighted by Crippen LogP contribution is -2.13. The zero-order chi connectivity index (χ0) is 20.5. The highest BCUT2D eigenvalue weighted by Crippen LogP contribution is 2.23. The summed E-state index contributed by atoms with van der Waals surface area (Å²) in [5, 5.41) is 12.3. The topological polar surface area (TPSA) is 62.1 Å². The number of nitriles is 1. The van der Waals surface area contributed by atoms with Gasteiger partial charge in [-0.05, 0) is 41.8 Å². The third kappa shape index (κ3) is 5.57. The summed E-state index contributed by atoms with van der Waals surface area (Å²) in [7, 11) is 0. The van der Waals surface area contributed by atoms with E-state index in [1.165, 1.54) is 5.56 Å². The third-order valence-electron chi connectivity index (χ3n) is 4.44. The van der Waals surface area contributed by atoms with E-state index >= 15 is 0 Å². The number of anilines is 1. The van der Waals surface area contributed by atoms with Gasteiger partial charge >= 0.3 is 0 Å². The molecule has 0 spiro atoms. The van der Waals surface area contributed by atoms with Crippen molar-refractivity contribution < 1.29 is 9.53 Å². The molecule has 1 amide bonds. The van der Waals surface area contributed by atoms with Crippen LogP contribution in [0.3, 0.4) is 0 Å². The van der Waals surface area contributed by atoms with Crippen LogP contribution in [0.5, 0.6) is 5.75 Å². The number of nitrogens with zero attached hydrogens (tertiary/aromatic N) is 1. The second-order valence-corrected chi connectivity index (χ2v) is 6.49. The summed E-state index contributed by atoms with van der Waals surface area (Å²) in [5.41, 5.74) is 3.57. The molecule has 29 heavy (non-hydrogen) atoms. The van der Waals surface area contributed by atoms with Crippen molar-refractivity contribution in [2.24, 2.45) is 0 Å². The molecule has 0 bridgehead atoms. The number of rotatable bonds is 7. The highest BCUT2D eigenvalue weighted by molar-refractivity contribution is 6.09. The molecule has 1 N–H and O–H groups in total. The van der Waals surface area contributed by atoms with Gasteiger partial charge in [-0.25, -0.2) is 0 Å². The number of carbonyl (C=O) groups is 1. The Morgan fingerprint density at radius 3 is 2.34 bits per heavy atom. The van der Waals surface area contributed by atoms with Gasteiger partial charge in [-0.2, -0.15) is 5.26 Å². The van der Waals surface area contributed by atoms with Crippen LogP contribution in [-0.4, -0.2) is 5.91 Å². The monoisotopic (exact) mass is 382 g/mol. The van der Waals surface area contributed by atoms with Crippen LogP contribution >= 0.6 is 0 Å². The van der Waals surface area contributed by atoms with Crippen molar-refractivity contribution in [3.05, 3.63) is 101 Å². The van der Waals surface area contributed by atoms with Crippen molar-refractivity contribution >= 4 is 17.7 Å². The predicted molar refractivity (Wildman–Crippen MR) is 115 cm³/mol. The van der Waals surface area contributed by atoms with E-state index in [0.29, 0.717) is 23.6 Å². The second-order valence-electron chi connectivity index (χ2n) is 6.49. The zero-order valence-electron chi connectivity index (χ0n) is 16.3. The Labute approximate surface area is 171 Å². The van der Waals surface area contributed by atoms with E-state index in [1.54, 1.807) is 6.08 Å². The van der Waals surface area contributed by atoms with E-state index in [-0.39, 0.29) is 5.57 Å². The molecule has 0 heterocycles. The Hall–Kier alpha value is -3.84. The molecule has 4 heteroatoms. The molecular weight excluding hydrogens is 360 g/mol. The molecule has 0 radical (unpaired) electrons. The van der Waals surface area contributed by atoms with Gasteiger partial charge in [0.05, 0.1) is 0 Å². The molecule has 0 saturated heterocycles. The largest absolute Gasteiger partial charge is 0.488 e. The Balaban J connectivity index is 1.75. The first-order chi connectivity index (χ1) is 14.2. The van der Waals surface area contributed by atoms with Crippen LogP contribution in [0.25, 0.3) is 6.08 Å². The lowest BCUT2D eigenvalue weighted by atomic mass is 10.1. The molecule has 144 valence electrons. The van der Waals surface area contributed by atoms with Gasteiger partial charge in [-0.1, -0.05) is 67.6 Å². The number of nitrogens with one attached hydrogen (secondary N) is 1. The summed E-state index contributed by atoms with van der Waals surface area (Å²) >= 11 is 0. The van der Waals surface area contributed by atoms with Crippen molar-refractivity contribution in [1.82, 2.24) is 0 Å². The van der Waals surface area contributed by atoms with Crippen LogP contribution in [-0.2, 0) is 17.8 Å². The lowest BCUT2D eigenvalue weighted by molar-refractivity contribution is -0.112. The Kier molecular flexibility index (Phi) is 6.80. The van der Waals surface area contributed by atoms with Crippen LogP contribution < -0.4 is 10.1 Å². The number of ether oxygens (including phenoxy) is 1. The molecule has 3 aromatic carbocycles. The third-order valence-corrected chi connectivity index (χ3v) is 4.44. The Bertz CT molecular complexity index is 1030. The van der Waals surface area contributed by atoms with E-state index in [2.05, 4.69) is 12.2 Å². The molecular formula is C25H22N2O2. The molecule has 3 rings (SSSR count). The second kappa shape index (κ2) is 9.91. The molecule has 0 atom stereocenters. The highest BCUT2D eigenvalue weighted by Gasteiger charge is 2.11. The van der Waals surface area contributed by atoms with Gasteiger partial charge < -0.3 is 10.1 Å². The smallest absolute Gasteiger partial charge is 0.266 e. The van der Waals surface area contributed by atoms with Crippen molar-refractivity contribution in [2.75, 3.05) is 5.32 Å². The summed E-state index contributed by atoms with van der Waals surface area (Å²) in [5.74, 6) is 0.166. The van der Waals surface area contributed by atoms with Crippen LogP contribution in [0, 0.1) is 11.3 Å². The van der Waals surface area contributed by atoms with Crippen LogP contribution in [0.1, 0.15) is 23.6 Å². The molecule has 3 aromatic rings. The fourth-order valence-electron chi connectivity index (χ4n) is 2.79. The molecule has 0 aliphatic carbocycles. The van der Waals surface area contributed by atoms with Crippen molar-refractivity contribution in [2.45, 2.75) is 20.0 Å². The standard InChI is InChI=1S/C25H22N2O2/c1-2-19-12-14-23(15-13-19)27-25(28)22(17-26)16-21-10-6-7-11-24(21)29-18-20-8-4-3-5-9-20/h3-16H,2,18H2,1H3,(H,27,28)/b22-16+. The minimum Gasteiger partial charge on any atom is -0.488 e. The average Bonchev–Trinajstić information content (AvgIpc) is 2.77. The van der Waals surface area contributed by atoms with Crippen LogP contribution in [0.4, 0.5) is 5.69 Å². The van der Waals surface area contributed by atoms with Gasteiger partial charge in [-0.15, -0.1) is 0 Å². The maximum absolute atomic E-state index is 12.6. The van der Waals surface area contributed by atoms with Gasteiger partial charge in [0.2, 0.25) is 0 Å². The number of hydrogen-bond donors (Lipinski definition) is 1. The summed E-state index contributed by atoms with van der Waals surface area (Å²) in [6.45, 7) is 2.48. The number of benzene rings is 3. The molecule has 0 fully saturated rings. The summed E-state index contributed by atoms with van der Waals surface area (Å²) in [4.78, 5) is 12.6. The first-order valence-electron chi connectivity index (χ1n) is 9.47. The Morgan fingerprint density at radius 2 is 1.66 bits per heavy atom. The minimum atomic E-state index is -0.449. The zero-order valence-corrected chi connectivity index (χ0v) is 16.3. The molecule has 0 aliphatic rings. The summed E-state index contributed by atoms with van der Waals surface area (Å²) < 4.78 is 5.91. The van der Waals surface area contributed by atoms with E-state index in [9.17, 15) is 10.1 Å². The fourth-order valence-corrected chi connectivity index (χ4v) is 2.79. The molecule has 0 saturated carbocycles. The number of amides is 1. The van der Waals surface area contributed by atoms with E-state index in [0.717, 1.165) is 12.0 Å². The maximum Gasteiger partial charge on any atom is 0.266 e. The molecule has 4 nitrogen and oxygen atoms in total.